The minimum Gasteiger partial charge on any atom is -0.329 e. The van der Waals surface area contributed by atoms with Gasteiger partial charge in [-0.15, -0.1) is 0 Å². The highest BCUT2D eigenvalue weighted by Crippen LogP contribution is 2.30. The van der Waals surface area contributed by atoms with Gasteiger partial charge in [-0.1, -0.05) is 62.4 Å². The maximum Gasteiger partial charge on any atom is 0.223 e. The maximum atomic E-state index is 13.3. The van der Waals surface area contributed by atoms with E-state index in [1.807, 2.05) is 41.3 Å². The van der Waals surface area contributed by atoms with E-state index in [1.165, 1.54) is 12.1 Å². The van der Waals surface area contributed by atoms with E-state index in [9.17, 15) is 9.18 Å². The molecule has 1 unspecified atom stereocenters. The first-order valence-electron chi connectivity index (χ1n) is 10.0. The van der Waals surface area contributed by atoms with Crippen LogP contribution in [0.4, 0.5) is 4.39 Å². The average Bonchev–Trinajstić information content (AvgIpc) is 2.74. The number of halogens is 1. The van der Waals surface area contributed by atoms with Crippen molar-refractivity contribution in [1.82, 2.24) is 9.88 Å². The Morgan fingerprint density at radius 3 is 2.28 bits per heavy atom. The van der Waals surface area contributed by atoms with Crippen molar-refractivity contribution < 1.29 is 9.18 Å². The molecule has 1 atom stereocenters. The molecule has 29 heavy (non-hydrogen) atoms. The zero-order chi connectivity index (χ0) is 20.6. The van der Waals surface area contributed by atoms with E-state index in [2.05, 4.69) is 31.0 Å². The summed E-state index contributed by atoms with van der Waals surface area (Å²) in [5, 5.41) is 0. The summed E-state index contributed by atoms with van der Waals surface area (Å²) in [5.74, 6) is 0.0548. The zero-order valence-electron chi connectivity index (χ0n) is 17.0. The molecule has 0 N–H and O–H groups in total. The quantitative estimate of drug-likeness (QED) is 0.503. The summed E-state index contributed by atoms with van der Waals surface area (Å²) >= 11 is 0. The molecule has 2 aromatic carbocycles. The van der Waals surface area contributed by atoms with Crippen LogP contribution in [0.5, 0.6) is 0 Å². The van der Waals surface area contributed by atoms with Gasteiger partial charge in [0, 0.05) is 12.6 Å². The van der Waals surface area contributed by atoms with Gasteiger partial charge in [0.1, 0.15) is 5.82 Å². The number of carbonyl (C=O) groups is 1. The molecule has 3 nitrogen and oxygen atoms in total. The summed E-state index contributed by atoms with van der Waals surface area (Å²) < 4.78 is 13.2. The third-order valence-corrected chi connectivity index (χ3v) is 5.03. The number of aromatic nitrogens is 1. The zero-order valence-corrected chi connectivity index (χ0v) is 17.0. The van der Waals surface area contributed by atoms with Crippen molar-refractivity contribution in [3.05, 3.63) is 102 Å². The number of hydrogen-bond acceptors (Lipinski definition) is 2. The number of amides is 1. The van der Waals surface area contributed by atoms with E-state index in [-0.39, 0.29) is 23.7 Å². The number of benzene rings is 2. The first-order valence-corrected chi connectivity index (χ1v) is 10.0. The minimum absolute atomic E-state index is 0.0427. The van der Waals surface area contributed by atoms with Crippen LogP contribution in [-0.4, -0.2) is 15.8 Å². The Morgan fingerprint density at radius 1 is 0.966 bits per heavy atom. The van der Waals surface area contributed by atoms with Gasteiger partial charge in [-0.05, 0) is 47.7 Å². The molecule has 0 aliphatic carbocycles. The SMILES string of the molecule is CC(C)C(c1ccccc1)N(Cc1ccccn1)C(=O)CCc1ccc(F)cc1. The predicted molar refractivity (Wildman–Crippen MR) is 114 cm³/mol. The van der Waals surface area contributed by atoms with Gasteiger partial charge in [0.25, 0.3) is 0 Å². The Labute approximate surface area is 172 Å². The highest BCUT2D eigenvalue weighted by Gasteiger charge is 2.28. The average molecular weight is 391 g/mol. The molecule has 150 valence electrons. The van der Waals surface area contributed by atoms with Crippen LogP contribution in [0.3, 0.4) is 0 Å². The molecule has 0 spiro atoms. The smallest absolute Gasteiger partial charge is 0.223 e. The summed E-state index contributed by atoms with van der Waals surface area (Å²) in [5.41, 5.74) is 2.94. The number of rotatable bonds is 8. The lowest BCUT2D eigenvalue weighted by molar-refractivity contribution is -0.135. The molecule has 0 radical (unpaired) electrons. The predicted octanol–water partition coefficient (Wildman–Crippen LogP) is 5.58. The third-order valence-electron chi connectivity index (χ3n) is 5.03. The van der Waals surface area contributed by atoms with Crippen molar-refractivity contribution in [3.8, 4) is 0 Å². The second-order valence-electron chi connectivity index (χ2n) is 7.57. The third kappa shape index (κ3) is 5.74. The van der Waals surface area contributed by atoms with Gasteiger partial charge in [0.2, 0.25) is 5.91 Å². The minimum atomic E-state index is -0.263. The maximum absolute atomic E-state index is 13.3. The van der Waals surface area contributed by atoms with Crippen LogP contribution in [0.15, 0.2) is 79.0 Å². The van der Waals surface area contributed by atoms with Crippen molar-refractivity contribution in [2.45, 2.75) is 39.3 Å². The van der Waals surface area contributed by atoms with Crippen LogP contribution < -0.4 is 0 Å². The monoisotopic (exact) mass is 390 g/mol. The largest absolute Gasteiger partial charge is 0.329 e. The van der Waals surface area contributed by atoms with Crippen LogP contribution >= 0.6 is 0 Å². The van der Waals surface area contributed by atoms with E-state index < -0.39 is 0 Å². The van der Waals surface area contributed by atoms with Gasteiger partial charge < -0.3 is 4.90 Å². The molecule has 1 heterocycles. The van der Waals surface area contributed by atoms with E-state index in [0.717, 1.165) is 16.8 Å². The molecule has 3 aromatic rings. The first kappa shape index (κ1) is 20.7. The topological polar surface area (TPSA) is 33.2 Å². The van der Waals surface area contributed by atoms with Crippen LogP contribution in [0.2, 0.25) is 0 Å². The van der Waals surface area contributed by atoms with Gasteiger partial charge >= 0.3 is 0 Å². The van der Waals surface area contributed by atoms with Gasteiger partial charge in [-0.3, -0.25) is 9.78 Å². The molecular formula is C25H27FN2O. The fraction of sp³-hybridized carbons (Fsp3) is 0.280. The Kier molecular flexibility index (Phi) is 7.12. The standard InChI is InChI=1S/C25H27FN2O/c1-19(2)25(21-8-4-3-5-9-21)28(18-23-10-6-7-17-27-23)24(29)16-13-20-11-14-22(26)15-12-20/h3-12,14-15,17,19,25H,13,16,18H2,1-2H3. The van der Waals surface area contributed by atoms with Crippen LogP contribution in [0, 0.1) is 11.7 Å². The second-order valence-corrected chi connectivity index (χ2v) is 7.57. The summed E-state index contributed by atoms with van der Waals surface area (Å²) in [6, 6.07) is 22.2. The summed E-state index contributed by atoms with van der Waals surface area (Å²) in [6.07, 6.45) is 2.70. The molecule has 3 rings (SSSR count). The fourth-order valence-electron chi connectivity index (χ4n) is 3.63. The normalized spacial score (nSPS) is 12.0. The Bertz CT molecular complexity index is 895. The number of nitrogens with zero attached hydrogens (tertiary/aromatic N) is 2. The summed E-state index contributed by atoms with van der Waals surface area (Å²) in [4.78, 5) is 19.7. The Hall–Kier alpha value is -3.01. The fourth-order valence-corrected chi connectivity index (χ4v) is 3.63. The van der Waals surface area contributed by atoms with Crippen molar-refractivity contribution in [1.29, 1.82) is 0 Å². The van der Waals surface area contributed by atoms with Crippen molar-refractivity contribution in [2.24, 2.45) is 5.92 Å². The summed E-state index contributed by atoms with van der Waals surface area (Å²) in [7, 11) is 0. The van der Waals surface area contributed by atoms with Crippen LogP contribution in [0.1, 0.15) is 43.1 Å². The molecule has 0 saturated carbocycles. The highest BCUT2D eigenvalue weighted by atomic mass is 19.1. The number of aryl methyl sites for hydroxylation is 1. The lowest BCUT2D eigenvalue weighted by Gasteiger charge is -2.35. The van der Waals surface area contributed by atoms with Crippen molar-refractivity contribution in [2.75, 3.05) is 0 Å². The summed E-state index contributed by atoms with van der Waals surface area (Å²) in [6.45, 7) is 4.73. The molecule has 1 amide bonds. The van der Waals surface area contributed by atoms with E-state index in [0.29, 0.717) is 19.4 Å². The van der Waals surface area contributed by atoms with Gasteiger partial charge in [-0.25, -0.2) is 4.39 Å². The molecular weight excluding hydrogens is 363 g/mol. The van der Waals surface area contributed by atoms with E-state index in [4.69, 9.17) is 0 Å². The first-order chi connectivity index (χ1) is 14.0. The number of hydrogen-bond donors (Lipinski definition) is 0. The molecule has 4 heteroatoms. The molecule has 0 aliphatic heterocycles. The molecule has 0 saturated heterocycles. The van der Waals surface area contributed by atoms with Crippen molar-refractivity contribution in [3.63, 3.8) is 0 Å². The van der Waals surface area contributed by atoms with E-state index in [1.54, 1.807) is 18.3 Å². The molecule has 0 fully saturated rings. The number of carbonyl (C=O) groups excluding carboxylic acids is 1. The molecule has 0 bridgehead atoms. The van der Waals surface area contributed by atoms with Crippen LogP contribution in [0.25, 0.3) is 0 Å². The highest BCUT2D eigenvalue weighted by molar-refractivity contribution is 5.77. The Balaban J connectivity index is 1.84. The van der Waals surface area contributed by atoms with Gasteiger partial charge in [0.05, 0.1) is 18.3 Å². The van der Waals surface area contributed by atoms with Crippen molar-refractivity contribution >= 4 is 5.91 Å². The van der Waals surface area contributed by atoms with Gasteiger partial charge in [0.15, 0.2) is 0 Å². The Morgan fingerprint density at radius 2 is 1.66 bits per heavy atom. The molecule has 0 aliphatic rings. The lowest BCUT2D eigenvalue weighted by Crippen LogP contribution is -2.37. The molecule has 1 aromatic heterocycles. The van der Waals surface area contributed by atoms with Crippen LogP contribution in [-0.2, 0) is 17.8 Å². The van der Waals surface area contributed by atoms with Gasteiger partial charge in [-0.2, -0.15) is 0 Å². The second kappa shape index (κ2) is 9.97. The van der Waals surface area contributed by atoms with E-state index >= 15 is 0 Å². The lowest BCUT2D eigenvalue weighted by atomic mass is 9.93. The number of pyridine rings is 1.